The molecule has 0 amide bonds. The maximum absolute atomic E-state index is 12.1. The highest BCUT2D eigenvalue weighted by Gasteiger charge is 2.26. The van der Waals surface area contributed by atoms with Crippen LogP contribution in [0.3, 0.4) is 0 Å². The summed E-state index contributed by atoms with van der Waals surface area (Å²) in [5.74, 6) is -0.646. The van der Waals surface area contributed by atoms with Gasteiger partial charge in [0.05, 0.1) is 11.5 Å². The van der Waals surface area contributed by atoms with Gasteiger partial charge in [-0.1, -0.05) is 6.92 Å². The van der Waals surface area contributed by atoms with Gasteiger partial charge in [0.25, 0.3) is 5.69 Å². The van der Waals surface area contributed by atoms with Crippen molar-refractivity contribution in [2.24, 2.45) is 0 Å². The van der Waals surface area contributed by atoms with Crippen LogP contribution in [-0.4, -0.2) is 55.1 Å². The standard InChI is InChI=1S/C16H23N3O4/c1-4-17-6-8-18(9-7-17)14-11-13(16(20)23-5-2)15(19(21)22)10-12(14)3/h10-11H,4-9H2,1-3H3. The molecule has 0 saturated carbocycles. The molecule has 23 heavy (non-hydrogen) atoms. The van der Waals surface area contributed by atoms with E-state index in [1.165, 1.54) is 6.07 Å². The van der Waals surface area contributed by atoms with Crippen molar-refractivity contribution in [1.29, 1.82) is 0 Å². The van der Waals surface area contributed by atoms with Gasteiger partial charge in [0.2, 0.25) is 0 Å². The summed E-state index contributed by atoms with van der Waals surface area (Å²) in [4.78, 5) is 27.3. The first-order valence-corrected chi connectivity index (χ1v) is 7.91. The summed E-state index contributed by atoms with van der Waals surface area (Å²) in [6.07, 6.45) is 0. The summed E-state index contributed by atoms with van der Waals surface area (Å²) in [6.45, 7) is 10.4. The van der Waals surface area contributed by atoms with Crippen molar-refractivity contribution >= 4 is 17.3 Å². The number of likely N-dealkylation sites (N-methyl/N-ethyl adjacent to an activating group) is 1. The van der Waals surface area contributed by atoms with Crippen molar-refractivity contribution in [2.45, 2.75) is 20.8 Å². The second kappa shape index (κ2) is 7.41. The third-order valence-electron chi connectivity index (χ3n) is 4.17. The minimum atomic E-state index is -0.646. The maximum Gasteiger partial charge on any atom is 0.345 e. The number of hydrogen-bond acceptors (Lipinski definition) is 6. The maximum atomic E-state index is 12.1. The number of nitro groups is 1. The molecule has 1 heterocycles. The van der Waals surface area contributed by atoms with E-state index in [1.807, 2.05) is 6.92 Å². The number of carbonyl (C=O) groups excluding carboxylic acids is 1. The summed E-state index contributed by atoms with van der Waals surface area (Å²) in [5.41, 5.74) is 1.50. The fourth-order valence-corrected chi connectivity index (χ4v) is 2.85. The Labute approximate surface area is 136 Å². The molecule has 0 spiro atoms. The molecule has 1 aliphatic heterocycles. The first kappa shape index (κ1) is 17.2. The van der Waals surface area contributed by atoms with Crippen molar-refractivity contribution in [3.05, 3.63) is 33.4 Å². The van der Waals surface area contributed by atoms with Crippen LogP contribution in [0.25, 0.3) is 0 Å². The molecular weight excluding hydrogens is 298 g/mol. The molecule has 0 aliphatic carbocycles. The van der Waals surface area contributed by atoms with Crippen LogP contribution in [0.2, 0.25) is 0 Å². The van der Waals surface area contributed by atoms with E-state index >= 15 is 0 Å². The van der Waals surface area contributed by atoms with Gasteiger partial charge in [-0.05, 0) is 32.0 Å². The van der Waals surface area contributed by atoms with E-state index in [0.717, 1.165) is 44.0 Å². The summed E-state index contributed by atoms with van der Waals surface area (Å²) in [5, 5.41) is 11.2. The fraction of sp³-hybridized carbons (Fsp3) is 0.562. The number of rotatable bonds is 5. The molecule has 0 radical (unpaired) electrons. The zero-order valence-corrected chi connectivity index (χ0v) is 13.9. The Morgan fingerprint density at radius 3 is 2.43 bits per heavy atom. The Kier molecular flexibility index (Phi) is 5.54. The third-order valence-corrected chi connectivity index (χ3v) is 4.17. The van der Waals surface area contributed by atoms with E-state index in [0.29, 0.717) is 0 Å². The molecule has 1 aliphatic rings. The Morgan fingerprint density at radius 2 is 1.91 bits per heavy atom. The monoisotopic (exact) mass is 321 g/mol. The molecule has 7 heteroatoms. The zero-order valence-electron chi connectivity index (χ0n) is 13.9. The molecule has 1 aromatic carbocycles. The highest BCUT2D eigenvalue weighted by molar-refractivity contribution is 5.95. The van der Waals surface area contributed by atoms with Crippen LogP contribution in [0, 0.1) is 17.0 Å². The van der Waals surface area contributed by atoms with E-state index < -0.39 is 10.9 Å². The number of aryl methyl sites for hydroxylation is 1. The summed E-state index contributed by atoms with van der Waals surface area (Å²) < 4.78 is 4.97. The number of carbonyl (C=O) groups is 1. The molecule has 2 rings (SSSR count). The van der Waals surface area contributed by atoms with E-state index in [4.69, 9.17) is 4.74 Å². The normalized spacial score (nSPS) is 15.5. The van der Waals surface area contributed by atoms with Gasteiger partial charge in [0.15, 0.2) is 0 Å². The van der Waals surface area contributed by atoms with Gasteiger partial charge in [0.1, 0.15) is 5.56 Å². The number of hydrogen-bond donors (Lipinski definition) is 0. The Hall–Kier alpha value is -2.15. The topological polar surface area (TPSA) is 75.9 Å². The molecule has 1 aromatic rings. The number of nitro benzene ring substituents is 1. The zero-order chi connectivity index (χ0) is 17.0. The van der Waals surface area contributed by atoms with Crippen molar-refractivity contribution in [3.63, 3.8) is 0 Å². The van der Waals surface area contributed by atoms with Gasteiger partial charge >= 0.3 is 5.97 Å². The molecular formula is C16H23N3O4. The van der Waals surface area contributed by atoms with Gasteiger partial charge in [-0.25, -0.2) is 4.79 Å². The lowest BCUT2D eigenvalue weighted by atomic mass is 10.1. The van der Waals surface area contributed by atoms with Crippen LogP contribution in [-0.2, 0) is 4.74 Å². The predicted molar refractivity (Wildman–Crippen MR) is 88.1 cm³/mol. The lowest BCUT2D eigenvalue weighted by Crippen LogP contribution is -2.46. The second-order valence-corrected chi connectivity index (χ2v) is 5.55. The first-order valence-electron chi connectivity index (χ1n) is 7.91. The SMILES string of the molecule is CCOC(=O)c1cc(N2CCN(CC)CC2)c(C)cc1[N+](=O)[O-]. The molecule has 1 saturated heterocycles. The van der Waals surface area contributed by atoms with Crippen LogP contribution < -0.4 is 4.90 Å². The lowest BCUT2D eigenvalue weighted by molar-refractivity contribution is -0.385. The van der Waals surface area contributed by atoms with Crippen LogP contribution in [0.4, 0.5) is 11.4 Å². The second-order valence-electron chi connectivity index (χ2n) is 5.55. The molecule has 7 nitrogen and oxygen atoms in total. The highest BCUT2D eigenvalue weighted by atomic mass is 16.6. The molecule has 0 bridgehead atoms. The van der Waals surface area contributed by atoms with Crippen LogP contribution >= 0.6 is 0 Å². The fourth-order valence-electron chi connectivity index (χ4n) is 2.85. The quantitative estimate of drug-likeness (QED) is 0.470. The predicted octanol–water partition coefficient (Wildman–Crippen LogP) is 2.22. The number of ether oxygens (including phenoxy) is 1. The van der Waals surface area contributed by atoms with Crippen molar-refractivity contribution < 1.29 is 14.5 Å². The molecule has 0 aromatic heterocycles. The van der Waals surface area contributed by atoms with E-state index in [9.17, 15) is 14.9 Å². The summed E-state index contributed by atoms with van der Waals surface area (Å²) in [7, 11) is 0. The van der Waals surface area contributed by atoms with E-state index in [1.54, 1.807) is 13.0 Å². The minimum Gasteiger partial charge on any atom is -0.462 e. The van der Waals surface area contributed by atoms with Gasteiger partial charge in [-0.3, -0.25) is 10.1 Å². The van der Waals surface area contributed by atoms with Crippen molar-refractivity contribution in [1.82, 2.24) is 4.90 Å². The van der Waals surface area contributed by atoms with Crippen LogP contribution in [0.1, 0.15) is 29.8 Å². The largest absolute Gasteiger partial charge is 0.462 e. The third kappa shape index (κ3) is 3.79. The summed E-state index contributed by atoms with van der Waals surface area (Å²) >= 11 is 0. The van der Waals surface area contributed by atoms with E-state index in [-0.39, 0.29) is 17.9 Å². The Balaban J connectivity index is 2.35. The molecule has 0 N–H and O–H groups in total. The van der Waals surface area contributed by atoms with Gasteiger partial charge in [-0.15, -0.1) is 0 Å². The average molecular weight is 321 g/mol. The van der Waals surface area contributed by atoms with E-state index in [2.05, 4.69) is 16.7 Å². The Morgan fingerprint density at radius 1 is 1.26 bits per heavy atom. The molecule has 0 unspecified atom stereocenters. The summed E-state index contributed by atoms with van der Waals surface area (Å²) in [6, 6.07) is 3.07. The number of benzene rings is 1. The van der Waals surface area contributed by atoms with Gasteiger partial charge < -0.3 is 14.5 Å². The number of anilines is 1. The smallest absolute Gasteiger partial charge is 0.345 e. The molecule has 1 fully saturated rings. The Bertz CT molecular complexity index is 595. The van der Waals surface area contributed by atoms with Gasteiger partial charge in [-0.2, -0.15) is 0 Å². The highest BCUT2D eigenvalue weighted by Crippen LogP contribution is 2.30. The average Bonchev–Trinajstić information content (AvgIpc) is 2.54. The van der Waals surface area contributed by atoms with Gasteiger partial charge in [0, 0.05) is 37.9 Å². The lowest BCUT2D eigenvalue weighted by Gasteiger charge is -2.36. The number of piperazine rings is 1. The number of nitrogens with zero attached hydrogens (tertiary/aromatic N) is 3. The molecule has 0 atom stereocenters. The van der Waals surface area contributed by atoms with Crippen LogP contribution in [0.5, 0.6) is 0 Å². The minimum absolute atomic E-state index is 0.0235. The van der Waals surface area contributed by atoms with Crippen molar-refractivity contribution in [3.8, 4) is 0 Å². The molecule has 126 valence electrons. The first-order chi connectivity index (χ1) is 11.0. The number of esters is 1. The van der Waals surface area contributed by atoms with Crippen molar-refractivity contribution in [2.75, 3.05) is 44.2 Å². The van der Waals surface area contributed by atoms with Crippen LogP contribution in [0.15, 0.2) is 12.1 Å².